The van der Waals surface area contributed by atoms with E-state index in [0.717, 1.165) is 5.69 Å². The summed E-state index contributed by atoms with van der Waals surface area (Å²) in [4.78, 5) is 0. The molecule has 4 N–H and O–H groups in total. The van der Waals surface area contributed by atoms with Crippen molar-refractivity contribution >= 4 is 0 Å². The summed E-state index contributed by atoms with van der Waals surface area (Å²) in [6, 6.07) is 4.63. The number of hydrogen-bond donors (Lipinski definition) is 4. The van der Waals surface area contributed by atoms with Crippen LogP contribution in [0.4, 0.5) is 4.39 Å². The maximum Gasteiger partial charge on any atom is 0.239 e. The molecule has 1 saturated heterocycles. The van der Waals surface area contributed by atoms with Crippen molar-refractivity contribution in [3.8, 4) is 11.6 Å². The smallest absolute Gasteiger partial charge is 0.239 e. The fourth-order valence-electron chi connectivity index (χ4n) is 3.81. The summed E-state index contributed by atoms with van der Waals surface area (Å²) in [7, 11) is 0. The van der Waals surface area contributed by atoms with Gasteiger partial charge in [0.15, 0.2) is 0 Å². The molecule has 0 radical (unpaired) electrons. The molecule has 1 fully saturated rings. The third kappa shape index (κ3) is 5.47. The lowest BCUT2D eigenvalue weighted by atomic mass is 9.99. The molecule has 9 nitrogen and oxygen atoms in total. The van der Waals surface area contributed by atoms with Gasteiger partial charge in [0.2, 0.25) is 12.2 Å². The molecule has 0 spiro atoms. The SMILES string of the molecule is Cc1c(Cc2ccc(OC(C)C)cc2F)c(OC2O[C@H](CO)[C@@H](O)[C@@H](O)[C@H]2O)nn1C(C)C. The number of benzene rings is 1. The Labute approximate surface area is 192 Å². The van der Waals surface area contributed by atoms with Crippen molar-refractivity contribution < 1.29 is 39.0 Å². The van der Waals surface area contributed by atoms with Crippen LogP contribution in [0.2, 0.25) is 0 Å². The first kappa shape index (κ1) is 25.4. The maximum absolute atomic E-state index is 14.8. The van der Waals surface area contributed by atoms with Crippen molar-refractivity contribution in [2.24, 2.45) is 0 Å². The van der Waals surface area contributed by atoms with Gasteiger partial charge in [0.05, 0.1) is 12.7 Å². The van der Waals surface area contributed by atoms with Gasteiger partial charge >= 0.3 is 0 Å². The number of nitrogens with zero attached hydrogens (tertiary/aromatic N) is 2. The van der Waals surface area contributed by atoms with E-state index in [1.165, 1.54) is 6.07 Å². The molecule has 1 unspecified atom stereocenters. The Morgan fingerprint density at radius 1 is 1.12 bits per heavy atom. The molecular formula is C23H33FN2O7. The van der Waals surface area contributed by atoms with E-state index in [1.54, 1.807) is 16.8 Å². The molecule has 2 aromatic rings. The van der Waals surface area contributed by atoms with E-state index in [0.29, 0.717) is 16.9 Å². The fraction of sp³-hybridized carbons (Fsp3) is 0.609. The highest BCUT2D eigenvalue weighted by molar-refractivity contribution is 5.39. The van der Waals surface area contributed by atoms with Crippen LogP contribution in [0.25, 0.3) is 0 Å². The number of rotatable bonds is 8. The van der Waals surface area contributed by atoms with E-state index >= 15 is 0 Å². The van der Waals surface area contributed by atoms with Crippen LogP contribution < -0.4 is 9.47 Å². The average Bonchev–Trinajstić information content (AvgIpc) is 3.05. The van der Waals surface area contributed by atoms with Gasteiger partial charge in [-0.2, -0.15) is 0 Å². The molecule has 10 heteroatoms. The number of aromatic nitrogens is 2. The molecule has 0 amide bonds. The van der Waals surface area contributed by atoms with E-state index in [4.69, 9.17) is 14.2 Å². The minimum absolute atomic E-state index is 0.0254. The number of ether oxygens (including phenoxy) is 3. The molecule has 0 bridgehead atoms. The molecule has 1 aliphatic heterocycles. The third-order valence-electron chi connectivity index (χ3n) is 5.57. The molecule has 1 aromatic carbocycles. The fourth-order valence-corrected chi connectivity index (χ4v) is 3.81. The van der Waals surface area contributed by atoms with Gasteiger partial charge in [0, 0.05) is 29.8 Å². The molecule has 33 heavy (non-hydrogen) atoms. The van der Waals surface area contributed by atoms with Gasteiger partial charge in [-0.1, -0.05) is 6.07 Å². The molecule has 0 aliphatic carbocycles. The Hall–Kier alpha value is -2.24. The van der Waals surface area contributed by atoms with Crippen LogP contribution in [-0.2, 0) is 11.2 Å². The zero-order chi connectivity index (χ0) is 24.4. The van der Waals surface area contributed by atoms with Gasteiger partial charge < -0.3 is 34.6 Å². The number of halogens is 1. The summed E-state index contributed by atoms with van der Waals surface area (Å²) < 4.78 is 33.4. The van der Waals surface area contributed by atoms with Gasteiger partial charge in [-0.3, -0.25) is 4.68 Å². The second-order valence-corrected chi connectivity index (χ2v) is 8.82. The minimum atomic E-state index is -1.58. The van der Waals surface area contributed by atoms with Gasteiger partial charge in [0.1, 0.15) is 36.0 Å². The number of aliphatic hydroxyl groups excluding tert-OH is 4. The summed E-state index contributed by atoms with van der Waals surface area (Å²) in [6.07, 6.45) is -7.09. The standard InChI is InChI=1S/C23H33FN2O7/c1-11(2)26-13(5)16(8-14-6-7-15(9-17(14)24)31-12(3)4)22(25-26)33-23-21(30)20(29)19(28)18(10-27)32-23/h6-7,9,11-12,18-21,23,27-30H,8,10H2,1-5H3/t18-,19-,20-,21-,23?/m1/s1. The summed E-state index contributed by atoms with van der Waals surface area (Å²) >= 11 is 0. The highest BCUT2D eigenvalue weighted by Crippen LogP contribution is 2.31. The molecule has 1 aromatic heterocycles. The lowest BCUT2D eigenvalue weighted by molar-refractivity contribution is -0.278. The van der Waals surface area contributed by atoms with Crippen LogP contribution in [0.5, 0.6) is 11.6 Å². The normalized spacial score (nSPS) is 25.6. The second kappa shape index (κ2) is 10.4. The first-order chi connectivity index (χ1) is 15.5. The Morgan fingerprint density at radius 2 is 1.82 bits per heavy atom. The van der Waals surface area contributed by atoms with E-state index in [1.807, 2.05) is 34.6 Å². The average molecular weight is 469 g/mol. The van der Waals surface area contributed by atoms with Crippen LogP contribution in [0.15, 0.2) is 18.2 Å². The van der Waals surface area contributed by atoms with Gasteiger partial charge in [0.25, 0.3) is 0 Å². The zero-order valence-electron chi connectivity index (χ0n) is 19.5. The first-order valence-electron chi connectivity index (χ1n) is 11.0. The summed E-state index contributed by atoms with van der Waals surface area (Å²) in [6.45, 7) is 8.83. The monoisotopic (exact) mass is 468 g/mol. The van der Waals surface area contributed by atoms with E-state index in [-0.39, 0.29) is 24.4 Å². The molecule has 5 atom stereocenters. The van der Waals surface area contributed by atoms with Gasteiger partial charge in [-0.25, -0.2) is 4.39 Å². The van der Waals surface area contributed by atoms with Crippen molar-refractivity contribution in [3.63, 3.8) is 0 Å². The highest BCUT2D eigenvalue weighted by Gasteiger charge is 2.45. The number of aliphatic hydroxyl groups is 4. The Balaban J connectivity index is 1.92. The highest BCUT2D eigenvalue weighted by atomic mass is 19.1. The zero-order valence-corrected chi connectivity index (χ0v) is 19.5. The molecular weight excluding hydrogens is 435 g/mol. The third-order valence-corrected chi connectivity index (χ3v) is 5.57. The van der Waals surface area contributed by atoms with Crippen molar-refractivity contribution in [2.75, 3.05) is 6.61 Å². The maximum atomic E-state index is 14.8. The topological polar surface area (TPSA) is 126 Å². The molecule has 184 valence electrons. The Bertz CT molecular complexity index is 947. The summed E-state index contributed by atoms with van der Waals surface area (Å²) in [5.74, 6) is 0.0923. The largest absolute Gasteiger partial charge is 0.491 e. The number of hydrogen-bond acceptors (Lipinski definition) is 8. The van der Waals surface area contributed by atoms with Gasteiger partial charge in [-0.05, 0) is 46.2 Å². The van der Waals surface area contributed by atoms with Crippen molar-refractivity contribution in [3.05, 3.63) is 40.8 Å². The van der Waals surface area contributed by atoms with Crippen LogP contribution in [0, 0.1) is 12.7 Å². The quantitative estimate of drug-likeness (QED) is 0.459. The van der Waals surface area contributed by atoms with Crippen LogP contribution in [0.3, 0.4) is 0 Å². The molecule has 3 rings (SSSR count). The van der Waals surface area contributed by atoms with Crippen LogP contribution in [-0.4, -0.2) is 73.6 Å². The van der Waals surface area contributed by atoms with E-state index in [9.17, 15) is 24.8 Å². The molecule has 1 aliphatic rings. The Kier molecular flexibility index (Phi) is 7.96. The van der Waals surface area contributed by atoms with E-state index in [2.05, 4.69) is 5.10 Å². The predicted molar refractivity (Wildman–Crippen MR) is 117 cm³/mol. The predicted octanol–water partition coefficient (Wildman–Crippen LogP) is 1.47. The van der Waals surface area contributed by atoms with Crippen LogP contribution >= 0.6 is 0 Å². The lowest BCUT2D eigenvalue weighted by Gasteiger charge is -2.39. The molecule has 0 saturated carbocycles. The minimum Gasteiger partial charge on any atom is -0.491 e. The lowest BCUT2D eigenvalue weighted by Crippen LogP contribution is -2.60. The van der Waals surface area contributed by atoms with Crippen LogP contribution in [0.1, 0.15) is 50.6 Å². The van der Waals surface area contributed by atoms with E-state index < -0.39 is 43.1 Å². The first-order valence-corrected chi connectivity index (χ1v) is 11.0. The molecule has 2 heterocycles. The summed E-state index contributed by atoms with van der Waals surface area (Å²) in [5.41, 5.74) is 1.72. The summed E-state index contributed by atoms with van der Waals surface area (Å²) in [5, 5.41) is 44.3. The second-order valence-electron chi connectivity index (χ2n) is 8.82. The van der Waals surface area contributed by atoms with Crippen molar-refractivity contribution in [2.45, 2.75) is 83.9 Å². The Morgan fingerprint density at radius 3 is 2.39 bits per heavy atom. The van der Waals surface area contributed by atoms with Crippen molar-refractivity contribution in [1.29, 1.82) is 0 Å². The van der Waals surface area contributed by atoms with Crippen molar-refractivity contribution in [1.82, 2.24) is 9.78 Å². The van der Waals surface area contributed by atoms with Gasteiger partial charge in [-0.15, -0.1) is 5.10 Å².